The summed E-state index contributed by atoms with van der Waals surface area (Å²) in [6.07, 6.45) is 3.87. The lowest BCUT2D eigenvalue weighted by atomic mass is 9.90. The van der Waals surface area contributed by atoms with Crippen LogP contribution in [0.4, 0.5) is 0 Å². The molecular weight excluding hydrogens is 238 g/mol. The van der Waals surface area contributed by atoms with Gasteiger partial charge in [-0.2, -0.15) is 0 Å². The van der Waals surface area contributed by atoms with Gasteiger partial charge in [-0.15, -0.1) is 12.4 Å². The number of hydrogen-bond donors (Lipinski definition) is 2. The molecule has 1 aromatic rings. The maximum atomic E-state index is 12.0. The maximum Gasteiger partial charge on any atom is 0.268 e. The highest BCUT2D eigenvalue weighted by Gasteiger charge is 2.29. The molecule has 0 saturated carbocycles. The van der Waals surface area contributed by atoms with Gasteiger partial charge in [-0.05, 0) is 45.0 Å². The molecule has 96 valence electrons. The van der Waals surface area contributed by atoms with Gasteiger partial charge in [0.05, 0.1) is 0 Å². The molecule has 0 aromatic carbocycles. The third-order valence-electron chi connectivity index (χ3n) is 3.30. The van der Waals surface area contributed by atoms with Gasteiger partial charge >= 0.3 is 0 Å². The van der Waals surface area contributed by atoms with E-state index in [-0.39, 0.29) is 23.9 Å². The Labute approximate surface area is 108 Å². The third kappa shape index (κ3) is 3.23. The molecule has 5 heteroatoms. The first kappa shape index (κ1) is 14.1. The summed E-state index contributed by atoms with van der Waals surface area (Å²) in [5.74, 6) is 0.0249. The Morgan fingerprint density at radius 1 is 1.47 bits per heavy atom. The summed E-state index contributed by atoms with van der Waals surface area (Å²) in [6.45, 7) is 4.07. The van der Waals surface area contributed by atoms with E-state index < -0.39 is 0 Å². The first-order valence-corrected chi connectivity index (χ1v) is 5.75. The second kappa shape index (κ2) is 5.56. The SMILES string of the molecule is Cl.Cn1cccc1C(=O)NC1(C)CCNCC1. The van der Waals surface area contributed by atoms with Crippen LogP contribution in [0.25, 0.3) is 0 Å². The Kier molecular flexibility index (Phi) is 4.60. The Morgan fingerprint density at radius 3 is 2.65 bits per heavy atom. The fourth-order valence-corrected chi connectivity index (χ4v) is 2.14. The number of nitrogens with one attached hydrogen (secondary N) is 2. The Hall–Kier alpha value is -1.00. The minimum absolute atomic E-state index is 0. The highest BCUT2D eigenvalue weighted by atomic mass is 35.5. The van der Waals surface area contributed by atoms with Crippen LogP contribution < -0.4 is 10.6 Å². The number of carbonyl (C=O) groups excluding carboxylic acids is 1. The average molecular weight is 258 g/mol. The standard InChI is InChI=1S/C12H19N3O.ClH/c1-12(5-7-13-8-6-12)14-11(16)10-4-3-9-15(10)2;/h3-4,9,13H,5-8H2,1-2H3,(H,14,16);1H. The van der Waals surface area contributed by atoms with Gasteiger partial charge in [-0.25, -0.2) is 0 Å². The molecule has 4 nitrogen and oxygen atoms in total. The van der Waals surface area contributed by atoms with E-state index in [1.807, 2.05) is 29.9 Å². The molecule has 2 N–H and O–H groups in total. The van der Waals surface area contributed by atoms with Crippen molar-refractivity contribution in [3.8, 4) is 0 Å². The van der Waals surface area contributed by atoms with Gasteiger partial charge in [-0.1, -0.05) is 0 Å². The largest absolute Gasteiger partial charge is 0.347 e. The van der Waals surface area contributed by atoms with E-state index in [1.54, 1.807) is 0 Å². The van der Waals surface area contributed by atoms with E-state index in [0.717, 1.165) is 31.6 Å². The molecule has 2 rings (SSSR count). The van der Waals surface area contributed by atoms with E-state index in [2.05, 4.69) is 17.6 Å². The molecule has 1 fully saturated rings. The quantitative estimate of drug-likeness (QED) is 0.840. The van der Waals surface area contributed by atoms with Gasteiger partial charge in [0.15, 0.2) is 0 Å². The number of halogens is 1. The van der Waals surface area contributed by atoms with Crippen molar-refractivity contribution >= 4 is 18.3 Å². The van der Waals surface area contributed by atoms with Gasteiger partial charge < -0.3 is 15.2 Å². The van der Waals surface area contributed by atoms with Crippen molar-refractivity contribution in [2.45, 2.75) is 25.3 Å². The van der Waals surface area contributed by atoms with E-state index in [9.17, 15) is 4.79 Å². The molecule has 1 aromatic heterocycles. The maximum absolute atomic E-state index is 12.0. The lowest BCUT2D eigenvalue weighted by molar-refractivity contribution is 0.0879. The van der Waals surface area contributed by atoms with Crippen LogP contribution in [0, 0.1) is 0 Å². The van der Waals surface area contributed by atoms with E-state index in [4.69, 9.17) is 0 Å². The van der Waals surface area contributed by atoms with Crippen molar-refractivity contribution in [3.63, 3.8) is 0 Å². The van der Waals surface area contributed by atoms with Gasteiger partial charge in [0.2, 0.25) is 0 Å². The third-order valence-corrected chi connectivity index (χ3v) is 3.30. The molecule has 0 aliphatic carbocycles. The summed E-state index contributed by atoms with van der Waals surface area (Å²) in [5, 5.41) is 6.44. The Bertz CT molecular complexity index is 383. The first-order valence-electron chi connectivity index (χ1n) is 5.75. The summed E-state index contributed by atoms with van der Waals surface area (Å²) in [5.41, 5.74) is 0.659. The number of piperidine rings is 1. The average Bonchev–Trinajstić information content (AvgIpc) is 2.65. The second-order valence-corrected chi connectivity index (χ2v) is 4.77. The molecule has 0 radical (unpaired) electrons. The monoisotopic (exact) mass is 257 g/mol. The first-order chi connectivity index (χ1) is 7.61. The fraction of sp³-hybridized carbons (Fsp3) is 0.583. The molecular formula is C12H20ClN3O. The molecule has 0 spiro atoms. The summed E-state index contributed by atoms with van der Waals surface area (Å²) < 4.78 is 1.85. The molecule has 17 heavy (non-hydrogen) atoms. The molecule has 1 aliphatic rings. The van der Waals surface area contributed by atoms with Gasteiger partial charge in [0.25, 0.3) is 5.91 Å². The van der Waals surface area contributed by atoms with Gasteiger partial charge in [-0.3, -0.25) is 4.79 Å². The summed E-state index contributed by atoms with van der Waals surface area (Å²) >= 11 is 0. The van der Waals surface area contributed by atoms with Crippen LogP contribution in [0.3, 0.4) is 0 Å². The number of amides is 1. The molecule has 0 atom stereocenters. The van der Waals surface area contributed by atoms with E-state index in [0.29, 0.717) is 0 Å². The van der Waals surface area contributed by atoms with E-state index >= 15 is 0 Å². The van der Waals surface area contributed by atoms with Crippen molar-refractivity contribution in [2.75, 3.05) is 13.1 Å². The van der Waals surface area contributed by atoms with Crippen LogP contribution in [0.1, 0.15) is 30.3 Å². The minimum atomic E-state index is -0.0629. The van der Waals surface area contributed by atoms with E-state index in [1.165, 1.54) is 0 Å². The number of carbonyl (C=O) groups is 1. The summed E-state index contributed by atoms with van der Waals surface area (Å²) in [6, 6.07) is 3.74. The zero-order chi connectivity index (χ0) is 11.6. The summed E-state index contributed by atoms with van der Waals surface area (Å²) in [4.78, 5) is 12.0. The topological polar surface area (TPSA) is 46.1 Å². The zero-order valence-corrected chi connectivity index (χ0v) is 11.1. The Morgan fingerprint density at radius 2 is 2.12 bits per heavy atom. The highest BCUT2D eigenvalue weighted by Crippen LogP contribution is 2.17. The molecule has 2 heterocycles. The number of nitrogens with zero attached hydrogens (tertiary/aromatic N) is 1. The van der Waals surface area contributed by atoms with Crippen LogP contribution in [-0.4, -0.2) is 29.1 Å². The van der Waals surface area contributed by atoms with Crippen molar-refractivity contribution in [1.82, 2.24) is 15.2 Å². The highest BCUT2D eigenvalue weighted by molar-refractivity contribution is 5.93. The van der Waals surface area contributed by atoms with Crippen LogP contribution >= 0.6 is 12.4 Å². The normalized spacial score (nSPS) is 18.2. The lowest BCUT2D eigenvalue weighted by Gasteiger charge is -2.35. The predicted octanol–water partition coefficient (Wildman–Crippen LogP) is 1.32. The Balaban J connectivity index is 0.00000144. The molecule has 1 amide bonds. The number of hydrogen-bond acceptors (Lipinski definition) is 2. The van der Waals surface area contributed by atoms with Crippen LogP contribution in [0.5, 0.6) is 0 Å². The van der Waals surface area contributed by atoms with Crippen LogP contribution in [0.2, 0.25) is 0 Å². The van der Waals surface area contributed by atoms with Crippen LogP contribution in [-0.2, 0) is 7.05 Å². The molecule has 0 bridgehead atoms. The number of rotatable bonds is 2. The van der Waals surface area contributed by atoms with Crippen molar-refractivity contribution < 1.29 is 4.79 Å². The predicted molar refractivity (Wildman–Crippen MR) is 70.6 cm³/mol. The van der Waals surface area contributed by atoms with Crippen molar-refractivity contribution in [2.24, 2.45) is 7.05 Å². The molecule has 1 saturated heterocycles. The fourth-order valence-electron chi connectivity index (χ4n) is 2.14. The van der Waals surface area contributed by atoms with Gasteiger partial charge in [0.1, 0.15) is 5.69 Å². The van der Waals surface area contributed by atoms with Crippen LogP contribution in [0.15, 0.2) is 18.3 Å². The lowest BCUT2D eigenvalue weighted by Crippen LogP contribution is -2.52. The zero-order valence-electron chi connectivity index (χ0n) is 10.3. The van der Waals surface area contributed by atoms with Gasteiger partial charge in [0, 0.05) is 18.8 Å². The molecule has 0 unspecified atom stereocenters. The van der Waals surface area contributed by atoms with Crippen molar-refractivity contribution in [1.29, 1.82) is 0 Å². The number of aromatic nitrogens is 1. The minimum Gasteiger partial charge on any atom is -0.347 e. The smallest absolute Gasteiger partial charge is 0.268 e. The number of aryl methyl sites for hydroxylation is 1. The van der Waals surface area contributed by atoms with Crippen molar-refractivity contribution in [3.05, 3.63) is 24.0 Å². The summed E-state index contributed by atoms with van der Waals surface area (Å²) in [7, 11) is 1.89. The molecule has 1 aliphatic heterocycles. The second-order valence-electron chi connectivity index (χ2n) is 4.77.